The highest BCUT2D eigenvalue weighted by molar-refractivity contribution is 6.35. The Kier molecular flexibility index (Phi) is 10.1. The van der Waals surface area contributed by atoms with E-state index >= 15 is 0 Å². The third-order valence-corrected chi connectivity index (χ3v) is 6.89. The van der Waals surface area contributed by atoms with Gasteiger partial charge in [-0.25, -0.2) is 0 Å². The minimum Gasteiger partial charge on any atom is -0.467 e. The van der Waals surface area contributed by atoms with Gasteiger partial charge in [-0.2, -0.15) is 0 Å². The molecule has 2 aromatic rings. The predicted octanol–water partition coefficient (Wildman–Crippen LogP) is 3.96. The molecule has 0 aliphatic carbocycles. The summed E-state index contributed by atoms with van der Waals surface area (Å²) in [5, 5.41) is 0.756. The first-order chi connectivity index (χ1) is 17.5. The molecule has 10 heteroatoms. The standard InChI is InChI=1S/C26H33Cl2N3O5/c27-21-14-20(15-22(28)16-21)26(33)30(7-3-6-29-8-12-34-13-9-29)19-25(32)31(17-23-4-1-10-35-23)18-24-5-2-11-36-24/h1,4,10,14-16,24H,2-3,5-9,11-13,17-19H2. The van der Waals surface area contributed by atoms with Crippen molar-refractivity contribution in [1.29, 1.82) is 0 Å². The number of benzene rings is 1. The maximum absolute atomic E-state index is 13.6. The quantitative estimate of drug-likeness (QED) is 0.431. The molecule has 1 aromatic carbocycles. The molecular weight excluding hydrogens is 505 g/mol. The first-order valence-corrected chi connectivity index (χ1v) is 13.2. The Labute approximate surface area is 222 Å². The zero-order chi connectivity index (χ0) is 25.3. The largest absolute Gasteiger partial charge is 0.467 e. The van der Waals surface area contributed by atoms with Crippen LogP contribution in [0.1, 0.15) is 35.4 Å². The molecular formula is C26H33Cl2N3O5. The minimum atomic E-state index is -0.273. The van der Waals surface area contributed by atoms with Crippen molar-refractivity contribution in [3.8, 4) is 0 Å². The number of rotatable bonds is 11. The van der Waals surface area contributed by atoms with Crippen molar-refractivity contribution in [3.05, 3.63) is 58.0 Å². The summed E-state index contributed by atoms with van der Waals surface area (Å²) in [5.74, 6) is 0.257. The predicted molar refractivity (Wildman–Crippen MR) is 137 cm³/mol. The van der Waals surface area contributed by atoms with Gasteiger partial charge in [-0.15, -0.1) is 0 Å². The molecule has 2 aliphatic heterocycles. The molecule has 0 spiro atoms. The van der Waals surface area contributed by atoms with E-state index in [1.807, 2.05) is 6.07 Å². The second-order valence-corrected chi connectivity index (χ2v) is 10.1. The number of nitrogens with zero attached hydrogens (tertiary/aromatic N) is 3. The fourth-order valence-corrected chi connectivity index (χ4v) is 5.09. The van der Waals surface area contributed by atoms with Crippen molar-refractivity contribution < 1.29 is 23.5 Å². The summed E-state index contributed by atoms with van der Waals surface area (Å²) in [7, 11) is 0. The lowest BCUT2D eigenvalue weighted by molar-refractivity contribution is -0.134. The van der Waals surface area contributed by atoms with Gasteiger partial charge in [-0.3, -0.25) is 14.5 Å². The van der Waals surface area contributed by atoms with Crippen molar-refractivity contribution in [2.75, 3.05) is 59.1 Å². The van der Waals surface area contributed by atoms with E-state index in [0.717, 1.165) is 38.9 Å². The van der Waals surface area contributed by atoms with Crippen LogP contribution in [0.15, 0.2) is 41.0 Å². The van der Waals surface area contributed by atoms with Crippen molar-refractivity contribution in [2.45, 2.75) is 31.9 Å². The van der Waals surface area contributed by atoms with Crippen LogP contribution >= 0.6 is 23.2 Å². The van der Waals surface area contributed by atoms with Crippen molar-refractivity contribution in [2.24, 2.45) is 0 Å². The lowest BCUT2D eigenvalue weighted by atomic mass is 10.1. The van der Waals surface area contributed by atoms with E-state index in [2.05, 4.69) is 4.90 Å². The van der Waals surface area contributed by atoms with Gasteiger partial charge in [0.2, 0.25) is 5.91 Å². The van der Waals surface area contributed by atoms with Gasteiger partial charge in [0.1, 0.15) is 12.3 Å². The summed E-state index contributed by atoms with van der Waals surface area (Å²) in [5.41, 5.74) is 0.364. The van der Waals surface area contributed by atoms with Gasteiger partial charge in [0.15, 0.2) is 0 Å². The molecule has 0 saturated carbocycles. The smallest absolute Gasteiger partial charge is 0.254 e. The third kappa shape index (κ3) is 7.95. The molecule has 8 nitrogen and oxygen atoms in total. The van der Waals surface area contributed by atoms with Gasteiger partial charge < -0.3 is 23.7 Å². The van der Waals surface area contributed by atoms with Crippen LogP contribution < -0.4 is 0 Å². The monoisotopic (exact) mass is 537 g/mol. The van der Waals surface area contributed by atoms with Crippen LogP contribution in [0.2, 0.25) is 10.0 Å². The van der Waals surface area contributed by atoms with Gasteiger partial charge in [-0.05, 0) is 49.6 Å². The van der Waals surface area contributed by atoms with Crippen LogP contribution in [-0.2, 0) is 20.8 Å². The van der Waals surface area contributed by atoms with Crippen LogP contribution in [0.3, 0.4) is 0 Å². The van der Waals surface area contributed by atoms with Crippen molar-refractivity contribution >= 4 is 35.0 Å². The van der Waals surface area contributed by atoms with Crippen molar-refractivity contribution in [1.82, 2.24) is 14.7 Å². The van der Waals surface area contributed by atoms with E-state index in [9.17, 15) is 9.59 Å². The average molecular weight is 538 g/mol. The molecule has 2 fully saturated rings. The second-order valence-electron chi connectivity index (χ2n) is 9.18. The number of hydrogen-bond acceptors (Lipinski definition) is 6. The van der Waals surface area contributed by atoms with Crippen LogP contribution in [-0.4, -0.2) is 91.7 Å². The summed E-state index contributed by atoms with van der Waals surface area (Å²) < 4.78 is 16.7. The summed E-state index contributed by atoms with van der Waals surface area (Å²) in [6, 6.07) is 8.40. The average Bonchev–Trinajstić information content (AvgIpc) is 3.57. The molecule has 196 valence electrons. The molecule has 2 amide bonds. The van der Waals surface area contributed by atoms with Gasteiger partial charge in [0.05, 0.1) is 32.1 Å². The lowest BCUT2D eigenvalue weighted by Gasteiger charge is -2.30. The molecule has 1 unspecified atom stereocenters. The first kappa shape index (κ1) is 26.9. The summed E-state index contributed by atoms with van der Waals surface area (Å²) in [6.45, 7) is 5.85. The fourth-order valence-electron chi connectivity index (χ4n) is 4.56. The first-order valence-electron chi connectivity index (χ1n) is 12.4. The Bertz CT molecular complexity index is 971. The topological polar surface area (TPSA) is 75.5 Å². The molecule has 2 saturated heterocycles. The number of amides is 2. The molecule has 36 heavy (non-hydrogen) atoms. The summed E-state index contributed by atoms with van der Waals surface area (Å²) in [4.78, 5) is 32.7. The molecule has 1 aromatic heterocycles. The Morgan fingerprint density at radius 2 is 1.83 bits per heavy atom. The van der Waals surface area contributed by atoms with Crippen LogP contribution in [0, 0.1) is 0 Å². The van der Waals surface area contributed by atoms with Crippen LogP contribution in [0.4, 0.5) is 0 Å². The Balaban J connectivity index is 1.47. The molecule has 1 atom stereocenters. The highest BCUT2D eigenvalue weighted by Gasteiger charge is 2.27. The molecule has 0 radical (unpaired) electrons. The number of halogens is 2. The third-order valence-electron chi connectivity index (χ3n) is 6.46. The van der Waals surface area contributed by atoms with Gasteiger partial charge in [0.25, 0.3) is 5.91 Å². The van der Waals surface area contributed by atoms with Crippen molar-refractivity contribution in [3.63, 3.8) is 0 Å². The van der Waals surface area contributed by atoms with Gasteiger partial charge in [0, 0.05) is 54.9 Å². The van der Waals surface area contributed by atoms with Gasteiger partial charge in [-0.1, -0.05) is 23.2 Å². The summed E-state index contributed by atoms with van der Waals surface area (Å²) in [6.07, 6.45) is 4.20. The highest BCUT2D eigenvalue weighted by Crippen LogP contribution is 2.21. The van der Waals surface area contributed by atoms with Crippen LogP contribution in [0.5, 0.6) is 0 Å². The van der Waals surface area contributed by atoms with E-state index in [-0.39, 0.29) is 24.5 Å². The molecule has 0 N–H and O–H groups in total. The van der Waals surface area contributed by atoms with E-state index in [1.54, 1.807) is 40.3 Å². The molecule has 0 bridgehead atoms. The minimum absolute atomic E-state index is 0.0129. The number of carbonyl (C=O) groups excluding carboxylic acids is 2. The molecule has 2 aliphatic rings. The number of carbonyl (C=O) groups is 2. The Morgan fingerprint density at radius 3 is 2.50 bits per heavy atom. The maximum Gasteiger partial charge on any atom is 0.254 e. The zero-order valence-corrected chi connectivity index (χ0v) is 21.9. The normalized spacial score (nSPS) is 18.3. The highest BCUT2D eigenvalue weighted by atomic mass is 35.5. The molecule has 4 rings (SSSR count). The van der Waals surface area contributed by atoms with E-state index in [1.165, 1.54) is 0 Å². The number of morpholine rings is 1. The number of furan rings is 1. The number of hydrogen-bond donors (Lipinski definition) is 0. The SMILES string of the molecule is O=C(CN(CCCN1CCOCC1)C(=O)c1cc(Cl)cc(Cl)c1)N(Cc1ccco1)CC1CCCO1. The van der Waals surface area contributed by atoms with E-state index in [0.29, 0.717) is 60.8 Å². The second kappa shape index (κ2) is 13.4. The summed E-state index contributed by atoms with van der Waals surface area (Å²) >= 11 is 12.3. The Hall–Kier alpha value is -2.10. The maximum atomic E-state index is 13.6. The van der Waals surface area contributed by atoms with E-state index < -0.39 is 0 Å². The zero-order valence-electron chi connectivity index (χ0n) is 20.4. The number of ether oxygens (including phenoxy) is 2. The van der Waals surface area contributed by atoms with Crippen LogP contribution in [0.25, 0.3) is 0 Å². The lowest BCUT2D eigenvalue weighted by Crippen LogP contribution is -2.46. The fraction of sp³-hybridized carbons (Fsp3) is 0.538. The van der Waals surface area contributed by atoms with Gasteiger partial charge >= 0.3 is 0 Å². The van der Waals surface area contributed by atoms with E-state index in [4.69, 9.17) is 37.1 Å². The Morgan fingerprint density at radius 1 is 1.06 bits per heavy atom. The molecule has 3 heterocycles.